The van der Waals surface area contributed by atoms with Crippen molar-refractivity contribution in [2.45, 2.75) is 71.1 Å². The smallest absolute Gasteiger partial charge is 0.157 e. The van der Waals surface area contributed by atoms with E-state index in [1.807, 2.05) is 28.9 Å². The first-order chi connectivity index (χ1) is 9.69. The zero-order valence-electron chi connectivity index (χ0n) is 13.1. The Morgan fingerprint density at radius 2 is 1.90 bits per heavy atom. The molecule has 0 N–H and O–H groups in total. The van der Waals surface area contributed by atoms with Crippen molar-refractivity contribution in [3.63, 3.8) is 0 Å². The van der Waals surface area contributed by atoms with E-state index in [0.29, 0.717) is 0 Å². The number of hydrogen-bond acceptors (Lipinski definition) is 2. The number of pyridine rings is 1. The molecule has 0 radical (unpaired) electrons. The summed E-state index contributed by atoms with van der Waals surface area (Å²) in [6, 6.07) is 6.05. The van der Waals surface area contributed by atoms with Crippen LogP contribution < -0.4 is 0 Å². The van der Waals surface area contributed by atoms with Crippen molar-refractivity contribution in [3.05, 3.63) is 30.2 Å². The van der Waals surface area contributed by atoms with Crippen molar-refractivity contribution in [1.29, 1.82) is 0 Å². The fourth-order valence-corrected chi connectivity index (χ4v) is 2.93. The molecule has 0 bridgehead atoms. The van der Waals surface area contributed by atoms with E-state index in [9.17, 15) is 0 Å². The fourth-order valence-electron chi connectivity index (χ4n) is 2.93. The summed E-state index contributed by atoms with van der Waals surface area (Å²) in [4.78, 5) is 4.75. The topological polar surface area (TPSA) is 30.2 Å². The lowest BCUT2D eigenvalue weighted by atomic mass is 9.80. The lowest BCUT2D eigenvalue weighted by Crippen LogP contribution is -2.23. The largest absolute Gasteiger partial charge is 0.221 e. The summed E-state index contributed by atoms with van der Waals surface area (Å²) in [6.07, 6.45) is 10.7. The van der Waals surface area contributed by atoms with Gasteiger partial charge in [-0.05, 0) is 25.0 Å². The molecule has 2 heterocycles. The Labute approximate surface area is 122 Å². The van der Waals surface area contributed by atoms with Crippen molar-refractivity contribution in [3.8, 4) is 0 Å². The van der Waals surface area contributed by atoms with Crippen LogP contribution in [0, 0.1) is 0 Å². The maximum atomic E-state index is 4.75. The van der Waals surface area contributed by atoms with Crippen molar-refractivity contribution in [2.24, 2.45) is 0 Å². The molecule has 0 saturated heterocycles. The van der Waals surface area contributed by atoms with E-state index in [2.05, 4.69) is 20.8 Å². The standard InChI is InChI=1S/C17H27N3/c1-4-6-7-9-13-17(3,12-5-2)16-18-15-11-8-10-14-20(15)19-16/h8,10-11,14H,4-7,9,12-13H2,1-3H3. The summed E-state index contributed by atoms with van der Waals surface area (Å²) in [5.41, 5.74) is 1.08. The van der Waals surface area contributed by atoms with E-state index in [4.69, 9.17) is 10.1 Å². The molecule has 2 rings (SSSR count). The van der Waals surface area contributed by atoms with Gasteiger partial charge in [-0.15, -0.1) is 0 Å². The Morgan fingerprint density at radius 3 is 2.60 bits per heavy atom. The van der Waals surface area contributed by atoms with Gasteiger partial charge >= 0.3 is 0 Å². The second-order valence-corrected chi connectivity index (χ2v) is 6.06. The minimum absolute atomic E-state index is 0.120. The van der Waals surface area contributed by atoms with Crippen LogP contribution in [0.5, 0.6) is 0 Å². The van der Waals surface area contributed by atoms with E-state index in [-0.39, 0.29) is 5.41 Å². The highest BCUT2D eigenvalue weighted by Crippen LogP contribution is 2.32. The number of aromatic nitrogens is 3. The summed E-state index contributed by atoms with van der Waals surface area (Å²) >= 11 is 0. The third-order valence-electron chi connectivity index (χ3n) is 4.17. The normalized spacial score (nSPS) is 14.6. The number of rotatable bonds is 8. The quantitative estimate of drug-likeness (QED) is 0.649. The van der Waals surface area contributed by atoms with Crippen molar-refractivity contribution in [1.82, 2.24) is 14.6 Å². The molecule has 0 aliphatic heterocycles. The van der Waals surface area contributed by atoms with Gasteiger partial charge in [-0.2, -0.15) is 5.10 Å². The van der Waals surface area contributed by atoms with Crippen molar-refractivity contribution in [2.75, 3.05) is 0 Å². The summed E-state index contributed by atoms with van der Waals surface area (Å²) in [5.74, 6) is 1.02. The molecule has 0 spiro atoms. The van der Waals surface area contributed by atoms with Crippen LogP contribution in [0.3, 0.4) is 0 Å². The van der Waals surface area contributed by atoms with Crippen LogP contribution in [-0.4, -0.2) is 14.6 Å². The third-order valence-corrected chi connectivity index (χ3v) is 4.17. The molecule has 3 heteroatoms. The Morgan fingerprint density at radius 1 is 1.05 bits per heavy atom. The van der Waals surface area contributed by atoms with E-state index < -0.39 is 0 Å². The number of unbranched alkanes of at least 4 members (excludes halogenated alkanes) is 3. The molecule has 2 aromatic heterocycles. The first kappa shape index (κ1) is 15.0. The average molecular weight is 273 g/mol. The highest BCUT2D eigenvalue weighted by Gasteiger charge is 2.29. The highest BCUT2D eigenvalue weighted by molar-refractivity contribution is 5.37. The van der Waals surface area contributed by atoms with Gasteiger partial charge in [-0.3, -0.25) is 0 Å². The van der Waals surface area contributed by atoms with Crippen LogP contribution in [0.4, 0.5) is 0 Å². The molecule has 3 nitrogen and oxygen atoms in total. The second-order valence-electron chi connectivity index (χ2n) is 6.06. The predicted molar refractivity (Wildman–Crippen MR) is 84.0 cm³/mol. The average Bonchev–Trinajstić information content (AvgIpc) is 2.89. The summed E-state index contributed by atoms with van der Waals surface area (Å²) in [5, 5.41) is 4.71. The van der Waals surface area contributed by atoms with Crippen LogP contribution in [-0.2, 0) is 5.41 Å². The minimum atomic E-state index is 0.120. The monoisotopic (exact) mass is 273 g/mol. The Hall–Kier alpha value is -1.38. The Kier molecular flexibility index (Phi) is 5.16. The first-order valence-electron chi connectivity index (χ1n) is 8.01. The molecule has 20 heavy (non-hydrogen) atoms. The van der Waals surface area contributed by atoms with Crippen LogP contribution in [0.15, 0.2) is 24.4 Å². The van der Waals surface area contributed by atoms with Crippen molar-refractivity contribution < 1.29 is 0 Å². The van der Waals surface area contributed by atoms with Crippen LogP contribution >= 0.6 is 0 Å². The summed E-state index contributed by atoms with van der Waals surface area (Å²) in [6.45, 7) is 6.84. The van der Waals surface area contributed by atoms with Gasteiger partial charge < -0.3 is 0 Å². The highest BCUT2D eigenvalue weighted by atomic mass is 15.3. The molecule has 1 unspecified atom stereocenters. The zero-order valence-corrected chi connectivity index (χ0v) is 13.1. The minimum Gasteiger partial charge on any atom is -0.221 e. The third kappa shape index (κ3) is 3.38. The maximum Gasteiger partial charge on any atom is 0.157 e. The molecule has 0 amide bonds. The van der Waals surface area contributed by atoms with E-state index >= 15 is 0 Å². The zero-order chi connectivity index (χ0) is 14.4. The van der Waals surface area contributed by atoms with Gasteiger partial charge in [0, 0.05) is 11.6 Å². The SMILES string of the molecule is CCCCCCC(C)(CCC)c1nc2ccccn2n1. The van der Waals surface area contributed by atoms with E-state index in [0.717, 1.165) is 17.9 Å². The molecule has 0 aromatic carbocycles. The summed E-state index contributed by atoms with van der Waals surface area (Å²) < 4.78 is 1.90. The van der Waals surface area contributed by atoms with Crippen LogP contribution in [0.25, 0.3) is 5.65 Å². The van der Waals surface area contributed by atoms with Gasteiger partial charge in [0.2, 0.25) is 0 Å². The Bertz CT molecular complexity index is 499. The number of hydrogen-bond donors (Lipinski definition) is 0. The molecule has 110 valence electrons. The van der Waals surface area contributed by atoms with Crippen LogP contribution in [0.1, 0.15) is 71.5 Å². The Balaban J connectivity index is 2.17. The lowest BCUT2D eigenvalue weighted by Gasteiger charge is -2.26. The first-order valence-corrected chi connectivity index (χ1v) is 8.01. The van der Waals surface area contributed by atoms with E-state index in [1.165, 1.54) is 38.5 Å². The molecule has 0 aliphatic carbocycles. The van der Waals surface area contributed by atoms with Gasteiger partial charge in [0.25, 0.3) is 0 Å². The number of fused-ring (bicyclic) bond motifs is 1. The van der Waals surface area contributed by atoms with Gasteiger partial charge in [-0.25, -0.2) is 9.50 Å². The molecule has 0 saturated carbocycles. The molecule has 2 aromatic rings. The molecule has 0 aliphatic rings. The van der Waals surface area contributed by atoms with E-state index in [1.54, 1.807) is 0 Å². The predicted octanol–water partition coefficient (Wildman–Crippen LogP) is 4.76. The fraction of sp³-hybridized carbons (Fsp3) is 0.647. The van der Waals surface area contributed by atoms with Gasteiger partial charge in [0.15, 0.2) is 11.5 Å². The molecule has 1 atom stereocenters. The second kappa shape index (κ2) is 6.87. The van der Waals surface area contributed by atoms with Gasteiger partial charge in [0.1, 0.15) is 0 Å². The van der Waals surface area contributed by atoms with Gasteiger partial charge in [-0.1, -0.05) is 58.9 Å². The molecule has 0 fully saturated rings. The van der Waals surface area contributed by atoms with Crippen molar-refractivity contribution >= 4 is 5.65 Å². The maximum absolute atomic E-state index is 4.75. The molecular formula is C17H27N3. The van der Waals surface area contributed by atoms with Gasteiger partial charge in [0.05, 0.1) is 0 Å². The van der Waals surface area contributed by atoms with Crippen LogP contribution in [0.2, 0.25) is 0 Å². The number of nitrogens with zero attached hydrogens (tertiary/aromatic N) is 3. The summed E-state index contributed by atoms with van der Waals surface area (Å²) in [7, 11) is 0. The molecular weight excluding hydrogens is 246 g/mol. The lowest BCUT2D eigenvalue weighted by molar-refractivity contribution is 0.357.